The van der Waals surface area contributed by atoms with Gasteiger partial charge in [-0.3, -0.25) is 0 Å². The van der Waals surface area contributed by atoms with Crippen LogP contribution < -0.4 is 31.5 Å². The van der Waals surface area contributed by atoms with Crippen molar-refractivity contribution in [3.8, 4) is 11.5 Å². The molecular formula is C21H20IN2O4-. The fraction of sp³-hybridized carbons (Fsp3) is 0.238. The van der Waals surface area contributed by atoms with Crippen LogP contribution in [0.3, 0.4) is 0 Å². The van der Waals surface area contributed by atoms with Gasteiger partial charge in [0.25, 0.3) is 0 Å². The first-order chi connectivity index (χ1) is 13.7. The second-order valence-corrected chi connectivity index (χ2v) is 9.11. The number of alkyl halides is 2. The van der Waals surface area contributed by atoms with Crippen molar-refractivity contribution in [1.29, 1.82) is 0 Å². The zero-order chi connectivity index (χ0) is 19.5. The SMILES string of the molecule is COOC[I-]CCN(C)c1ccc2nc3c4ccccc4c(=O)cc-3oc2c1. The molecule has 1 heterocycles. The van der Waals surface area contributed by atoms with Gasteiger partial charge < -0.3 is 0 Å². The Morgan fingerprint density at radius 2 is 1.96 bits per heavy atom. The van der Waals surface area contributed by atoms with E-state index in [0.29, 0.717) is 27.0 Å². The normalized spacial score (nSPS) is 11.6. The van der Waals surface area contributed by atoms with E-state index in [9.17, 15) is 4.79 Å². The number of aromatic nitrogens is 1. The molecule has 0 unspecified atom stereocenters. The second-order valence-electron chi connectivity index (χ2n) is 6.33. The number of halogens is 1. The monoisotopic (exact) mass is 491 g/mol. The van der Waals surface area contributed by atoms with Crippen LogP contribution in [0.25, 0.3) is 33.3 Å². The van der Waals surface area contributed by atoms with E-state index in [-0.39, 0.29) is 26.6 Å². The average Bonchev–Trinajstić information content (AvgIpc) is 2.72. The molecule has 6 nitrogen and oxygen atoms in total. The van der Waals surface area contributed by atoms with Gasteiger partial charge in [0.05, 0.1) is 0 Å². The van der Waals surface area contributed by atoms with Gasteiger partial charge in [-0.1, -0.05) is 6.07 Å². The number of hydrogen-bond donors (Lipinski definition) is 0. The summed E-state index contributed by atoms with van der Waals surface area (Å²) in [5.41, 5.74) is 3.16. The van der Waals surface area contributed by atoms with Gasteiger partial charge in [0.2, 0.25) is 0 Å². The molecule has 0 radical (unpaired) electrons. The first-order valence-electron chi connectivity index (χ1n) is 8.84. The fourth-order valence-electron chi connectivity index (χ4n) is 3.10. The van der Waals surface area contributed by atoms with Crippen molar-refractivity contribution in [2.24, 2.45) is 0 Å². The first kappa shape index (κ1) is 19.1. The Hall–Kier alpha value is -2.23. The van der Waals surface area contributed by atoms with Gasteiger partial charge in [-0.15, -0.1) is 0 Å². The molecule has 2 aromatic carbocycles. The Balaban J connectivity index is 1.66. The second kappa shape index (κ2) is 8.42. The van der Waals surface area contributed by atoms with Crippen LogP contribution in [0.15, 0.2) is 57.7 Å². The molecular weight excluding hydrogens is 471 g/mol. The molecule has 2 aromatic rings. The van der Waals surface area contributed by atoms with Gasteiger partial charge in [-0.25, -0.2) is 0 Å². The van der Waals surface area contributed by atoms with E-state index in [1.165, 1.54) is 13.2 Å². The third-order valence-electron chi connectivity index (χ3n) is 4.57. The minimum absolute atomic E-state index is 0.0470. The Kier molecular flexibility index (Phi) is 5.74. The fourth-order valence-corrected chi connectivity index (χ4v) is 4.91. The van der Waals surface area contributed by atoms with Gasteiger partial charge in [0.1, 0.15) is 0 Å². The summed E-state index contributed by atoms with van der Waals surface area (Å²) in [6.07, 6.45) is 0. The number of benzene rings is 3. The van der Waals surface area contributed by atoms with Crippen molar-refractivity contribution < 1.29 is 35.4 Å². The van der Waals surface area contributed by atoms with Gasteiger partial charge in [-0.05, 0) is 0 Å². The van der Waals surface area contributed by atoms with Gasteiger partial charge in [-0.2, -0.15) is 0 Å². The van der Waals surface area contributed by atoms with Crippen LogP contribution in [0.5, 0.6) is 0 Å². The summed E-state index contributed by atoms with van der Waals surface area (Å²) in [5.74, 6) is 0.513. The molecule has 0 bridgehead atoms. The molecule has 0 saturated heterocycles. The summed E-state index contributed by atoms with van der Waals surface area (Å²) in [6, 6.07) is 15.0. The van der Waals surface area contributed by atoms with Crippen LogP contribution in [0.4, 0.5) is 5.69 Å². The molecule has 0 saturated carbocycles. The van der Waals surface area contributed by atoms with E-state index in [4.69, 9.17) is 14.3 Å². The molecule has 0 amide bonds. The van der Waals surface area contributed by atoms with Crippen LogP contribution in [0, 0.1) is 0 Å². The first-order valence-corrected chi connectivity index (χ1v) is 11.9. The van der Waals surface area contributed by atoms with Gasteiger partial charge >= 0.3 is 167 Å². The molecule has 2 aliphatic rings. The maximum atomic E-state index is 12.4. The molecule has 0 atom stereocenters. The Bertz CT molecular complexity index is 1140. The quantitative estimate of drug-likeness (QED) is 0.0715. The summed E-state index contributed by atoms with van der Waals surface area (Å²) in [6.45, 7) is 0.933. The van der Waals surface area contributed by atoms with E-state index in [1.807, 2.05) is 42.5 Å². The van der Waals surface area contributed by atoms with Crippen molar-refractivity contribution >= 4 is 27.6 Å². The molecule has 1 aliphatic carbocycles. The van der Waals surface area contributed by atoms with Crippen LogP contribution >= 0.6 is 0 Å². The van der Waals surface area contributed by atoms with E-state index in [0.717, 1.165) is 27.6 Å². The predicted molar refractivity (Wildman–Crippen MR) is 106 cm³/mol. The topological polar surface area (TPSA) is 64.8 Å². The van der Waals surface area contributed by atoms with E-state index < -0.39 is 0 Å². The van der Waals surface area contributed by atoms with Crippen molar-refractivity contribution in [3.05, 3.63) is 58.8 Å². The van der Waals surface area contributed by atoms with Crippen LogP contribution in [-0.2, 0) is 9.78 Å². The third kappa shape index (κ3) is 3.82. The van der Waals surface area contributed by atoms with Crippen LogP contribution in [-0.4, -0.2) is 34.7 Å². The Morgan fingerprint density at radius 1 is 1.14 bits per heavy atom. The number of hydrogen-bond acceptors (Lipinski definition) is 6. The van der Waals surface area contributed by atoms with E-state index >= 15 is 0 Å². The molecule has 0 N–H and O–H groups in total. The van der Waals surface area contributed by atoms with Crippen molar-refractivity contribution in [3.63, 3.8) is 0 Å². The molecule has 28 heavy (non-hydrogen) atoms. The van der Waals surface area contributed by atoms with Crippen molar-refractivity contribution in [2.75, 3.05) is 34.6 Å². The molecule has 4 rings (SSSR count). The minimum atomic E-state index is -0.0523. The Labute approximate surface area is 172 Å². The number of anilines is 1. The maximum absolute atomic E-state index is 12.4. The summed E-state index contributed by atoms with van der Waals surface area (Å²) in [5, 5.41) is 1.48. The van der Waals surface area contributed by atoms with E-state index in [1.54, 1.807) is 0 Å². The third-order valence-corrected chi connectivity index (χ3v) is 6.51. The van der Waals surface area contributed by atoms with Gasteiger partial charge in [0, 0.05) is 0 Å². The van der Waals surface area contributed by atoms with Crippen LogP contribution in [0.2, 0.25) is 0 Å². The predicted octanol–water partition coefficient (Wildman–Crippen LogP) is 0.507. The van der Waals surface area contributed by atoms with Crippen molar-refractivity contribution in [1.82, 2.24) is 4.98 Å². The summed E-state index contributed by atoms with van der Waals surface area (Å²) in [4.78, 5) is 28.9. The summed E-state index contributed by atoms with van der Waals surface area (Å²) < 4.78 is 7.85. The number of rotatable bonds is 7. The average molecular weight is 491 g/mol. The zero-order valence-corrected chi connectivity index (χ0v) is 17.8. The molecule has 1 aliphatic heterocycles. The zero-order valence-electron chi connectivity index (χ0n) is 15.6. The van der Waals surface area contributed by atoms with E-state index in [2.05, 4.69) is 16.8 Å². The molecule has 0 spiro atoms. The molecule has 0 fully saturated rings. The van der Waals surface area contributed by atoms with Crippen LogP contribution in [0.1, 0.15) is 0 Å². The number of fused-ring (bicyclic) bond motifs is 4. The summed E-state index contributed by atoms with van der Waals surface area (Å²) in [7, 11) is 3.59. The molecule has 0 aromatic heterocycles. The summed E-state index contributed by atoms with van der Waals surface area (Å²) >= 11 is -0.0470. The molecule has 146 valence electrons. The van der Waals surface area contributed by atoms with Crippen molar-refractivity contribution in [2.45, 2.75) is 0 Å². The van der Waals surface area contributed by atoms with Gasteiger partial charge in [0.15, 0.2) is 0 Å². The number of nitrogens with zero attached hydrogens (tertiary/aromatic N) is 2. The molecule has 7 heteroatoms. The standard InChI is InChI=1S/C21H20IN2O4/c1-24(10-9-22-13-27-26-2)14-7-8-17-19(11-14)28-20-12-18(25)15-5-3-4-6-16(15)21(20)23-17/h3-8,11-12H,9-10,13H2,1-2H3/q-1. The Morgan fingerprint density at radius 3 is 2.79 bits per heavy atom.